The van der Waals surface area contributed by atoms with Crippen molar-refractivity contribution in [3.05, 3.63) is 60.2 Å². The molecule has 2 amide bonds. The van der Waals surface area contributed by atoms with Crippen LogP contribution in [0.2, 0.25) is 0 Å². The fraction of sp³-hybridized carbons (Fsp3) is 0. The Balaban J connectivity index is 1.86. The van der Waals surface area contributed by atoms with Gasteiger partial charge in [-0.1, -0.05) is 18.2 Å². The monoisotopic (exact) mass is 283 g/mol. The van der Waals surface area contributed by atoms with E-state index >= 15 is 0 Å². The Hall–Kier alpha value is -3.15. The second kappa shape index (κ2) is 6.85. The summed E-state index contributed by atoms with van der Waals surface area (Å²) < 4.78 is 0. The summed E-state index contributed by atoms with van der Waals surface area (Å²) in [4.78, 5) is 23.1. The second-order valence-corrected chi connectivity index (χ2v) is 4.11. The molecule has 2 aromatic rings. The van der Waals surface area contributed by atoms with Gasteiger partial charge in [-0.05, 0) is 42.0 Å². The van der Waals surface area contributed by atoms with Gasteiger partial charge in [0.05, 0.1) is 6.21 Å². The molecule has 0 spiro atoms. The third kappa shape index (κ3) is 4.46. The number of amides is 2. The van der Waals surface area contributed by atoms with Crippen molar-refractivity contribution in [2.75, 3.05) is 5.32 Å². The minimum Gasteiger partial charge on any atom is -0.508 e. The van der Waals surface area contributed by atoms with E-state index in [0.29, 0.717) is 11.3 Å². The summed E-state index contributed by atoms with van der Waals surface area (Å²) in [5.74, 6) is -1.53. The number of hydrogen-bond donors (Lipinski definition) is 3. The van der Waals surface area contributed by atoms with Crippen LogP contribution in [0.4, 0.5) is 5.69 Å². The minimum atomic E-state index is -0.867. The number of hydrogen-bond acceptors (Lipinski definition) is 4. The molecule has 3 N–H and O–H groups in total. The molecule has 0 aromatic heterocycles. The first-order chi connectivity index (χ1) is 10.1. The fourth-order valence-electron chi connectivity index (χ4n) is 1.49. The van der Waals surface area contributed by atoms with Crippen molar-refractivity contribution >= 4 is 23.7 Å². The minimum absolute atomic E-state index is 0.137. The molecule has 2 rings (SSSR count). The van der Waals surface area contributed by atoms with Crippen LogP contribution >= 0.6 is 0 Å². The van der Waals surface area contributed by atoms with E-state index in [2.05, 4.69) is 15.8 Å². The summed E-state index contributed by atoms with van der Waals surface area (Å²) in [5.41, 5.74) is 3.33. The molecule has 0 heterocycles. The maximum atomic E-state index is 11.6. The molecule has 0 aliphatic rings. The van der Waals surface area contributed by atoms with Crippen molar-refractivity contribution in [2.45, 2.75) is 0 Å². The van der Waals surface area contributed by atoms with Gasteiger partial charge in [0.1, 0.15) is 5.75 Å². The van der Waals surface area contributed by atoms with Gasteiger partial charge in [0, 0.05) is 5.69 Å². The third-order valence-electron chi connectivity index (χ3n) is 2.51. The SMILES string of the molecule is O=C(N/N=C\c1ccc(O)cc1)C(=O)Nc1ccccc1. The molecule has 0 aliphatic heterocycles. The van der Waals surface area contributed by atoms with E-state index < -0.39 is 11.8 Å². The maximum Gasteiger partial charge on any atom is 0.329 e. The van der Waals surface area contributed by atoms with Crippen molar-refractivity contribution < 1.29 is 14.7 Å². The lowest BCUT2D eigenvalue weighted by Crippen LogP contribution is -2.32. The lowest BCUT2D eigenvalue weighted by atomic mass is 10.2. The van der Waals surface area contributed by atoms with Crippen LogP contribution in [0, 0.1) is 0 Å². The number of nitrogens with one attached hydrogen (secondary N) is 2. The predicted molar refractivity (Wildman–Crippen MR) is 78.9 cm³/mol. The number of phenols is 1. The highest BCUT2D eigenvalue weighted by atomic mass is 16.3. The van der Waals surface area contributed by atoms with Crippen molar-refractivity contribution in [1.82, 2.24) is 5.43 Å². The van der Waals surface area contributed by atoms with Gasteiger partial charge in [-0.25, -0.2) is 5.43 Å². The average Bonchev–Trinajstić information content (AvgIpc) is 2.50. The Morgan fingerprint density at radius 2 is 1.62 bits per heavy atom. The van der Waals surface area contributed by atoms with Gasteiger partial charge in [-0.15, -0.1) is 0 Å². The smallest absolute Gasteiger partial charge is 0.329 e. The molecule has 6 nitrogen and oxygen atoms in total. The normalized spacial score (nSPS) is 10.3. The topological polar surface area (TPSA) is 90.8 Å². The molecule has 2 aromatic carbocycles. The summed E-state index contributed by atoms with van der Waals surface area (Å²) in [6.07, 6.45) is 1.37. The molecule has 0 unspecified atom stereocenters. The zero-order valence-corrected chi connectivity index (χ0v) is 11.0. The van der Waals surface area contributed by atoms with Gasteiger partial charge in [0.2, 0.25) is 0 Å². The van der Waals surface area contributed by atoms with Crippen molar-refractivity contribution in [1.29, 1.82) is 0 Å². The molecule has 0 saturated carbocycles. The van der Waals surface area contributed by atoms with Gasteiger partial charge in [0.25, 0.3) is 0 Å². The molecule has 6 heteroatoms. The van der Waals surface area contributed by atoms with Crippen LogP contribution in [-0.2, 0) is 9.59 Å². The standard InChI is InChI=1S/C15H13N3O3/c19-13-8-6-11(7-9-13)10-16-18-15(21)14(20)17-12-4-2-1-3-5-12/h1-10,19H,(H,17,20)(H,18,21)/b16-10-. The van der Waals surface area contributed by atoms with Gasteiger partial charge in [-0.3, -0.25) is 9.59 Å². The summed E-state index contributed by atoms with van der Waals surface area (Å²) in [7, 11) is 0. The summed E-state index contributed by atoms with van der Waals surface area (Å²) >= 11 is 0. The number of rotatable bonds is 3. The molecule has 0 bridgehead atoms. The van der Waals surface area contributed by atoms with E-state index in [4.69, 9.17) is 5.11 Å². The fourth-order valence-corrected chi connectivity index (χ4v) is 1.49. The maximum absolute atomic E-state index is 11.6. The van der Waals surface area contributed by atoms with Gasteiger partial charge < -0.3 is 10.4 Å². The highest BCUT2D eigenvalue weighted by Crippen LogP contribution is 2.07. The van der Waals surface area contributed by atoms with Crippen LogP contribution in [0.3, 0.4) is 0 Å². The Kier molecular flexibility index (Phi) is 4.66. The molecular weight excluding hydrogens is 270 g/mol. The first-order valence-electron chi connectivity index (χ1n) is 6.13. The number of aromatic hydroxyl groups is 1. The number of anilines is 1. The van der Waals surface area contributed by atoms with Gasteiger partial charge in [-0.2, -0.15) is 5.10 Å². The summed E-state index contributed by atoms with van der Waals surface area (Å²) in [6, 6.07) is 14.9. The van der Waals surface area contributed by atoms with Crippen LogP contribution in [0.25, 0.3) is 0 Å². The quantitative estimate of drug-likeness (QED) is 0.452. The van der Waals surface area contributed by atoms with Crippen LogP contribution in [-0.4, -0.2) is 23.1 Å². The highest BCUT2D eigenvalue weighted by molar-refractivity contribution is 6.39. The van der Waals surface area contributed by atoms with Crippen LogP contribution in [0.1, 0.15) is 5.56 Å². The number of benzene rings is 2. The highest BCUT2D eigenvalue weighted by Gasteiger charge is 2.12. The lowest BCUT2D eigenvalue weighted by molar-refractivity contribution is -0.136. The Bertz CT molecular complexity index is 652. The number of nitrogens with zero attached hydrogens (tertiary/aromatic N) is 1. The van der Waals surface area contributed by atoms with E-state index in [1.54, 1.807) is 42.5 Å². The van der Waals surface area contributed by atoms with E-state index in [9.17, 15) is 9.59 Å². The Labute approximate surface area is 121 Å². The van der Waals surface area contributed by atoms with Gasteiger partial charge in [0.15, 0.2) is 0 Å². The lowest BCUT2D eigenvalue weighted by Gasteiger charge is -2.02. The van der Waals surface area contributed by atoms with E-state index in [-0.39, 0.29) is 5.75 Å². The molecule has 0 fully saturated rings. The summed E-state index contributed by atoms with van der Waals surface area (Å²) in [5, 5.41) is 15.2. The van der Waals surface area contributed by atoms with Crippen LogP contribution in [0.5, 0.6) is 5.75 Å². The Morgan fingerprint density at radius 3 is 2.29 bits per heavy atom. The molecule has 0 atom stereocenters. The van der Waals surface area contributed by atoms with Crippen molar-refractivity contribution in [3.8, 4) is 5.75 Å². The van der Waals surface area contributed by atoms with Crippen LogP contribution < -0.4 is 10.7 Å². The number of carbonyl (C=O) groups excluding carboxylic acids is 2. The average molecular weight is 283 g/mol. The number of phenolic OH excluding ortho intramolecular Hbond substituents is 1. The zero-order valence-electron chi connectivity index (χ0n) is 11.0. The second-order valence-electron chi connectivity index (χ2n) is 4.11. The first kappa shape index (κ1) is 14.3. The zero-order chi connectivity index (χ0) is 15.1. The molecular formula is C15H13N3O3. The van der Waals surface area contributed by atoms with Crippen LogP contribution in [0.15, 0.2) is 59.7 Å². The number of para-hydroxylation sites is 1. The molecule has 0 aliphatic carbocycles. The first-order valence-corrected chi connectivity index (χ1v) is 6.13. The summed E-state index contributed by atoms with van der Waals surface area (Å²) in [6.45, 7) is 0. The van der Waals surface area contributed by atoms with Gasteiger partial charge >= 0.3 is 11.8 Å². The number of carbonyl (C=O) groups is 2. The third-order valence-corrected chi connectivity index (χ3v) is 2.51. The molecule has 21 heavy (non-hydrogen) atoms. The molecule has 0 radical (unpaired) electrons. The number of hydrazone groups is 1. The van der Waals surface area contributed by atoms with E-state index in [0.717, 1.165) is 0 Å². The van der Waals surface area contributed by atoms with Crippen molar-refractivity contribution in [3.63, 3.8) is 0 Å². The Morgan fingerprint density at radius 1 is 0.952 bits per heavy atom. The molecule has 0 saturated heterocycles. The predicted octanol–water partition coefficient (Wildman–Crippen LogP) is 1.48. The van der Waals surface area contributed by atoms with E-state index in [1.165, 1.54) is 18.3 Å². The van der Waals surface area contributed by atoms with Crippen molar-refractivity contribution in [2.24, 2.45) is 5.10 Å². The molecule has 106 valence electrons. The largest absolute Gasteiger partial charge is 0.508 e. The van der Waals surface area contributed by atoms with E-state index in [1.807, 2.05) is 0 Å².